The Kier molecular flexibility index (Phi) is 3.95. The lowest BCUT2D eigenvalue weighted by Crippen LogP contribution is -2.39. The zero-order valence-corrected chi connectivity index (χ0v) is 12.3. The lowest BCUT2D eigenvalue weighted by atomic mass is 9.70. The maximum absolute atomic E-state index is 12.0. The van der Waals surface area contributed by atoms with Crippen LogP contribution in [0.1, 0.15) is 36.5 Å². The quantitative estimate of drug-likeness (QED) is 0.925. The summed E-state index contributed by atoms with van der Waals surface area (Å²) in [4.78, 5) is 12.0. The van der Waals surface area contributed by atoms with Crippen molar-refractivity contribution in [2.75, 3.05) is 13.7 Å². The van der Waals surface area contributed by atoms with E-state index < -0.39 is 0 Å². The van der Waals surface area contributed by atoms with Gasteiger partial charge < -0.3 is 10.1 Å². The third kappa shape index (κ3) is 2.86. The van der Waals surface area contributed by atoms with Gasteiger partial charge in [0.25, 0.3) is 5.91 Å². The summed E-state index contributed by atoms with van der Waals surface area (Å²) in [6.45, 7) is 2.98. The molecule has 0 aliphatic heterocycles. The average molecular weight is 312 g/mol. The van der Waals surface area contributed by atoms with Gasteiger partial charge in [0.15, 0.2) is 0 Å². The minimum atomic E-state index is -0.0218. The standard InChI is InChI=1S/C14H18BrNO2/c1-14(6-3-7-14)9-16-13(17)10-4-5-12(18-2)11(15)8-10/h4-5,8H,3,6-7,9H2,1-2H3,(H,16,17). The van der Waals surface area contributed by atoms with Crippen molar-refractivity contribution in [1.29, 1.82) is 0 Å². The second-order valence-electron chi connectivity index (χ2n) is 5.20. The van der Waals surface area contributed by atoms with Crippen LogP contribution in [0.3, 0.4) is 0 Å². The first kappa shape index (κ1) is 13.4. The Morgan fingerprint density at radius 3 is 2.72 bits per heavy atom. The molecule has 0 radical (unpaired) electrons. The minimum absolute atomic E-state index is 0.0218. The molecule has 0 bridgehead atoms. The van der Waals surface area contributed by atoms with Gasteiger partial charge in [-0.1, -0.05) is 13.3 Å². The maximum atomic E-state index is 12.0. The van der Waals surface area contributed by atoms with Crippen molar-refractivity contribution in [3.05, 3.63) is 28.2 Å². The first-order valence-corrected chi connectivity index (χ1v) is 6.95. The Hall–Kier alpha value is -1.03. The highest BCUT2D eigenvalue weighted by atomic mass is 79.9. The van der Waals surface area contributed by atoms with E-state index in [1.54, 1.807) is 25.3 Å². The highest BCUT2D eigenvalue weighted by Crippen LogP contribution is 2.39. The Labute approximate surface area is 116 Å². The molecule has 1 aliphatic rings. The molecule has 2 rings (SSSR count). The number of carbonyl (C=O) groups excluding carboxylic acids is 1. The molecule has 1 saturated carbocycles. The molecule has 1 aromatic rings. The fourth-order valence-electron chi connectivity index (χ4n) is 2.16. The molecule has 0 aromatic heterocycles. The molecule has 1 N–H and O–H groups in total. The van der Waals surface area contributed by atoms with E-state index >= 15 is 0 Å². The maximum Gasteiger partial charge on any atom is 0.251 e. The Morgan fingerprint density at radius 1 is 1.50 bits per heavy atom. The van der Waals surface area contributed by atoms with Crippen molar-refractivity contribution in [3.8, 4) is 5.75 Å². The highest BCUT2D eigenvalue weighted by molar-refractivity contribution is 9.10. The molecule has 1 fully saturated rings. The van der Waals surface area contributed by atoms with Crippen LogP contribution < -0.4 is 10.1 Å². The van der Waals surface area contributed by atoms with Crippen molar-refractivity contribution in [1.82, 2.24) is 5.32 Å². The van der Waals surface area contributed by atoms with Crippen LogP contribution in [0.4, 0.5) is 0 Å². The number of methoxy groups -OCH3 is 1. The van der Waals surface area contributed by atoms with Crippen LogP contribution in [0.2, 0.25) is 0 Å². The van der Waals surface area contributed by atoms with E-state index in [2.05, 4.69) is 28.2 Å². The van der Waals surface area contributed by atoms with E-state index in [9.17, 15) is 4.79 Å². The second-order valence-corrected chi connectivity index (χ2v) is 6.05. The molecule has 1 aromatic carbocycles. The first-order valence-electron chi connectivity index (χ1n) is 6.16. The van der Waals surface area contributed by atoms with Gasteiger partial charge in [0.2, 0.25) is 0 Å². The number of carbonyl (C=O) groups is 1. The van der Waals surface area contributed by atoms with Crippen LogP contribution >= 0.6 is 15.9 Å². The van der Waals surface area contributed by atoms with Gasteiger partial charge in [-0.3, -0.25) is 4.79 Å². The highest BCUT2D eigenvalue weighted by Gasteiger charge is 2.31. The van der Waals surface area contributed by atoms with E-state index in [-0.39, 0.29) is 5.91 Å². The summed E-state index contributed by atoms with van der Waals surface area (Å²) in [7, 11) is 1.61. The predicted molar refractivity (Wildman–Crippen MR) is 75.0 cm³/mol. The largest absolute Gasteiger partial charge is 0.496 e. The smallest absolute Gasteiger partial charge is 0.251 e. The van der Waals surface area contributed by atoms with Crippen LogP contribution in [-0.2, 0) is 0 Å². The Bertz CT molecular complexity index is 455. The minimum Gasteiger partial charge on any atom is -0.496 e. The molecule has 0 heterocycles. The van der Waals surface area contributed by atoms with Gasteiger partial charge in [-0.15, -0.1) is 0 Å². The van der Waals surface area contributed by atoms with Gasteiger partial charge in [-0.2, -0.15) is 0 Å². The van der Waals surface area contributed by atoms with E-state index in [0.29, 0.717) is 11.0 Å². The molecule has 0 atom stereocenters. The summed E-state index contributed by atoms with van der Waals surface area (Å²) in [6.07, 6.45) is 3.69. The van der Waals surface area contributed by atoms with Crippen LogP contribution in [0.5, 0.6) is 5.75 Å². The molecule has 3 nitrogen and oxygen atoms in total. The van der Waals surface area contributed by atoms with Gasteiger partial charge in [0.1, 0.15) is 5.75 Å². The van der Waals surface area contributed by atoms with Gasteiger partial charge in [-0.05, 0) is 52.4 Å². The normalized spacial score (nSPS) is 16.8. The number of halogens is 1. The SMILES string of the molecule is COc1ccc(C(=O)NCC2(C)CCC2)cc1Br. The number of rotatable bonds is 4. The Balaban J connectivity index is 1.98. The molecule has 0 spiro atoms. The fraction of sp³-hybridized carbons (Fsp3) is 0.500. The molecule has 1 aliphatic carbocycles. The van der Waals surface area contributed by atoms with Crippen molar-refractivity contribution in [2.45, 2.75) is 26.2 Å². The number of ether oxygens (including phenoxy) is 1. The van der Waals surface area contributed by atoms with Gasteiger partial charge >= 0.3 is 0 Å². The van der Waals surface area contributed by atoms with Crippen molar-refractivity contribution in [2.24, 2.45) is 5.41 Å². The molecule has 18 heavy (non-hydrogen) atoms. The van der Waals surface area contributed by atoms with E-state index in [1.807, 2.05) is 0 Å². The van der Waals surface area contributed by atoms with Crippen molar-refractivity contribution >= 4 is 21.8 Å². The summed E-state index contributed by atoms with van der Waals surface area (Å²) < 4.78 is 5.94. The molecule has 0 saturated heterocycles. The van der Waals surface area contributed by atoms with Crippen LogP contribution in [0.15, 0.2) is 22.7 Å². The molecular formula is C14H18BrNO2. The number of hydrogen-bond acceptors (Lipinski definition) is 2. The van der Waals surface area contributed by atoms with Crippen molar-refractivity contribution in [3.63, 3.8) is 0 Å². The summed E-state index contributed by atoms with van der Waals surface area (Å²) in [5, 5.41) is 3.01. The molecule has 0 unspecified atom stereocenters. The Morgan fingerprint density at radius 2 is 2.22 bits per heavy atom. The monoisotopic (exact) mass is 311 g/mol. The number of hydrogen-bond donors (Lipinski definition) is 1. The van der Waals surface area contributed by atoms with Gasteiger partial charge in [-0.25, -0.2) is 0 Å². The van der Waals surface area contributed by atoms with E-state index in [1.165, 1.54) is 19.3 Å². The zero-order valence-electron chi connectivity index (χ0n) is 10.8. The molecule has 98 valence electrons. The van der Waals surface area contributed by atoms with Crippen LogP contribution in [-0.4, -0.2) is 19.6 Å². The number of benzene rings is 1. The topological polar surface area (TPSA) is 38.3 Å². The molecule has 4 heteroatoms. The van der Waals surface area contributed by atoms with Gasteiger partial charge in [0, 0.05) is 12.1 Å². The number of nitrogens with one attached hydrogen (secondary N) is 1. The van der Waals surface area contributed by atoms with Crippen LogP contribution in [0, 0.1) is 5.41 Å². The lowest BCUT2D eigenvalue weighted by molar-refractivity contribution is 0.0890. The summed E-state index contributed by atoms with van der Waals surface area (Å²) in [5.41, 5.74) is 0.963. The predicted octanol–water partition coefficient (Wildman–Crippen LogP) is 3.38. The number of amides is 1. The van der Waals surface area contributed by atoms with E-state index in [4.69, 9.17) is 4.74 Å². The third-order valence-corrected chi connectivity index (χ3v) is 4.27. The third-order valence-electron chi connectivity index (χ3n) is 3.65. The molecular weight excluding hydrogens is 294 g/mol. The fourth-order valence-corrected chi connectivity index (χ4v) is 2.70. The average Bonchev–Trinajstić information content (AvgIpc) is 2.33. The summed E-state index contributed by atoms with van der Waals surface area (Å²) in [5.74, 6) is 0.712. The second kappa shape index (κ2) is 5.31. The van der Waals surface area contributed by atoms with E-state index in [0.717, 1.165) is 16.8 Å². The first-order chi connectivity index (χ1) is 8.54. The lowest BCUT2D eigenvalue weighted by Gasteiger charge is -2.38. The summed E-state index contributed by atoms with van der Waals surface area (Å²) >= 11 is 3.39. The van der Waals surface area contributed by atoms with Crippen molar-refractivity contribution < 1.29 is 9.53 Å². The zero-order chi connectivity index (χ0) is 13.2. The summed E-state index contributed by atoms with van der Waals surface area (Å²) in [6, 6.07) is 5.36. The van der Waals surface area contributed by atoms with Crippen LogP contribution in [0.25, 0.3) is 0 Å². The molecule has 1 amide bonds. The van der Waals surface area contributed by atoms with Gasteiger partial charge in [0.05, 0.1) is 11.6 Å².